The summed E-state index contributed by atoms with van der Waals surface area (Å²) in [5.41, 5.74) is 1.90. The number of carbonyl (C=O) groups excluding carboxylic acids is 1. The van der Waals surface area contributed by atoms with Crippen molar-refractivity contribution in [3.63, 3.8) is 0 Å². The first-order valence-corrected chi connectivity index (χ1v) is 8.35. The number of ether oxygens (including phenoxy) is 1. The zero-order valence-electron chi connectivity index (χ0n) is 13.3. The summed E-state index contributed by atoms with van der Waals surface area (Å²) in [5.74, 6) is 0.800. The third kappa shape index (κ3) is 6.30. The molecule has 0 spiro atoms. The van der Waals surface area contributed by atoms with Gasteiger partial charge in [-0.15, -0.1) is 11.8 Å². The van der Waals surface area contributed by atoms with Crippen LogP contribution in [0.2, 0.25) is 0 Å². The molecule has 1 heterocycles. The van der Waals surface area contributed by atoms with Crippen LogP contribution in [0.4, 0.5) is 10.5 Å². The molecule has 0 fully saturated rings. The van der Waals surface area contributed by atoms with Crippen LogP contribution in [0.25, 0.3) is 0 Å². The number of aromatic nitrogens is 1. The van der Waals surface area contributed by atoms with Crippen molar-refractivity contribution in [3.8, 4) is 0 Å². The lowest BCUT2D eigenvalue weighted by Gasteiger charge is -2.14. The summed E-state index contributed by atoms with van der Waals surface area (Å²) in [5, 5.41) is 6.64. The smallest absolute Gasteiger partial charge is 0.319 e. The van der Waals surface area contributed by atoms with Gasteiger partial charge in [0.25, 0.3) is 0 Å². The Bertz CT molecular complexity index is 622. The Morgan fingerprint density at radius 1 is 1.30 bits per heavy atom. The van der Waals surface area contributed by atoms with Crippen molar-refractivity contribution in [2.75, 3.05) is 19.0 Å². The van der Waals surface area contributed by atoms with E-state index < -0.39 is 0 Å². The monoisotopic (exact) mass is 331 g/mol. The molecule has 5 nitrogen and oxygen atoms in total. The number of methoxy groups -OCH3 is 1. The molecule has 0 aliphatic rings. The molecule has 0 saturated heterocycles. The average molecular weight is 331 g/mol. The molecular formula is C17H21N3O2S. The molecule has 0 aliphatic heterocycles. The van der Waals surface area contributed by atoms with E-state index in [4.69, 9.17) is 4.74 Å². The highest BCUT2D eigenvalue weighted by molar-refractivity contribution is 7.98. The van der Waals surface area contributed by atoms with Crippen LogP contribution in [0.1, 0.15) is 12.5 Å². The van der Waals surface area contributed by atoms with Gasteiger partial charge in [0.15, 0.2) is 0 Å². The number of nitrogens with zero attached hydrogens (tertiary/aromatic N) is 1. The first-order valence-electron chi connectivity index (χ1n) is 7.36. The Hall–Kier alpha value is -2.05. The number of carbonyl (C=O) groups is 1. The molecular weight excluding hydrogens is 310 g/mol. The maximum atomic E-state index is 11.9. The summed E-state index contributed by atoms with van der Waals surface area (Å²) in [6.45, 7) is 2.37. The fraction of sp³-hybridized carbons (Fsp3) is 0.294. The molecule has 0 bridgehead atoms. The molecule has 1 atom stereocenters. The highest BCUT2D eigenvalue weighted by Crippen LogP contribution is 2.22. The highest BCUT2D eigenvalue weighted by Gasteiger charge is 2.07. The molecule has 2 rings (SSSR count). The second-order valence-electron chi connectivity index (χ2n) is 5.11. The second-order valence-corrected chi connectivity index (χ2v) is 6.11. The number of anilines is 1. The predicted octanol–water partition coefficient (Wildman–Crippen LogP) is 3.53. The zero-order chi connectivity index (χ0) is 16.5. The number of rotatable bonds is 7. The first-order chi connectivity index (χ1) is 11.2. The summed E-state index contributed by atoms with van der Waals surface area (Å²) in [7, 11) is 1.61. The first kappa shape index (κ1) is 17.3. The maximum absolute atomic E-state index is 11.9. The van der Waals surface area contributed by atoms with Crippen molar-refractivity contribution >= 4 is 23.5 Å². The van der Waals surface area contributed by atoms with Crippen LogP contribution < -0.4 is 10.6 Å². The molecule has 1 aromatic carbocycles. The lowest BCUT2D eigenvalue weighted by atomic mass is 10.2. The summed E-state index contributed by atoms with van der Waals surface area (Å²) < 4.78 is 5.00. The number of amides is 2. The number of benzene rings is 1. The van der Waals surface area contributed by atoms with E-state index in [0.29, 0.717) is 6.61 Å². The Morgan fingerprint density at radius 2 is 2.17 bits per heavy atom. The molecule has 2 aromatic rings. The Kier molecular flexibility index (Phi) is 6.90. The summed E-state index contributed by atoms with van der Waals surface area (Å²) in [4.78, 5) is 16.2. The number of pyridine rings is 1. The molecule has 0 radical (unpaired) electrons. The van der Waals surface area contributed by atoms with E-state index in [1.54, 1.807) is 25.1 Å². The van der Waals surface area contributed by atoms with Gasteiger partial charge in [-0.2, -0.15) is 0 Å². The van der Waals surface area contributed by atoms with Gasteiger partial charge in [-0.05, 0) is 36.8 Å². The van der Waals surface area contributed by atoms with Crippen molar-refractivity contribution < 1.29 is 9.53 Å². The number of urea groups is 1. The van der Waals surface area contributed by atoms with Gasteiger partial charge < -0.3 is 15.4 Å². The van der Waals surface area contributed by atoms with Crippen molar-refractivity contribution in [1.82, 2.24) is 10.3 Å². The van der Waals surface area contributed by atoms with Gasteiger partial charge in [-0.3, -0.25) is 0 Å². The van der Waals surface area contributed by atoms with Gasteiger partial charge in [-0.25, -0.2) is 9.78 Å². The van der Waals surface area contributed by atoms with Gasteiger partial charge in [-0.1, -0.05) is 18.2 Å². The number of nitrogens with one attached hydrogen (secondary N) is 2. The minimum Gasteiger partial charge on any atom is -0.383 e. The zero-order valence-corrected chi connectivity index (χ0v) is 14.1. The largest absolute Gasteiger partial charge is 0.383 e. The lowest BCUT2D eigenvalue weighted by molar-refractivity contribution is 0.173. The van der Waals surface area contributed by atoms with Crippen LogP contribution in [0.15, 0.2) is 53.7 Å². The van der Waals surface area contributed by atoms with E-state index in [2.05, 4.69) is 15.6 Å². The Balaban J connectivity index is 1.88. The Morgan fingerprint density at radius 3 is 2.91 bits per heavy atom. The van der Waals surface area contributed by atoms with Crippen LogP contribution >= 0.6 is 11.8 Å². The van der Waals surface area contributed by atoms with E-state index in [-0.39, 0.29) is 12.1 Å². The molecule has 6 heteroatoms. The van der Waals surface area contributed by atoms with E-state index in [9.17, 15) is 4.79 Å². The molecule has 0 unspecified atom stereocenters. The fourth-order valence-corrected chi connectivity index (χ4v) is 2.82. The second kappa shape index (κ2) is 9.17. The van der Waals surface area contributed by atoms with E-state index in [1.165, 1.54) is 0 Å². The van der Waals surface area contributed by atoms with Crippen LogP contribution in [0.3, 0.4) is 0 Å². The van der Waals surface area contributed by atoms with Gasteiger partial charge >= 0.3 is 6.03 Å². The third-order valence-corrected chi connectivity index (χ3v) is 4.02. The average Bonchev–Trinajstić information content (AvgIpc) is 2.54. The summed E-state index contributed by atoms with van der Waals surface area (Å²) in [6, 6.07) is 13.4. The molecule has 122 valence electrons. The van der Waals surface area contributed by atoms with Gasteiger partial charge in [0.2, 0.25) is 0 Å². The van der Waals surface area contributed by atoms with Gasteiger partial charge in [0.1, 0.15) is 0 Å². The fourth-order valence-electron chi connectivity index (χ4n) is 2.01. The topological polar surface area (TPSA) is 63.2 Å². The van der Waals surface area contributed by atoms with E-state index >= 15 is 0 Å². The van der Waals surface area contributed by atoms with Crippen molar-refractivity contribution in [3.05, 3.63) is 54.2 Å². The van der Waals surface area contributed by atoms with E-state index in [0.717, 1.165) is 22.0 Å². The SMILES string of the molecule is COC[C@@H](C)NC(=O)Nc1cccc(CSc2ccccn2)c1. The third-order valence-electron chi connectivity index (χ3n) is 3.00. The van der Waals surface area contributed by atoms with Gasteiger partial charge in [0.05, 0.1) is 17.7 Å². The number of thioether (sulfide) groups is 1. The summed E-state index contributed by atoms with van der Waals surface area (Å²) >= 11 is 1.66. The minimum absolute atomic E-state index is 0.0390. The van der Waals surface area contributed by atoms with Crippen molar-refractivity contribution in [2.24, 2.45) is 0 Å². The molecule has 2 amide bonds. The van der Waals surface area contributed by atoms with Crippen molar-refractivity contribution in [2.45, 2.75) is 23.7 Å². The molecule has 1 aromatic heterocycles. The van der Waals surface area contributed by atoms with Crippen LogP contribution in [0, 0.1) is 0 Å². The molecule has 0 aliphatic carbocycles. The van der Waals surface area contributed by atoms with Gasteiger partial charge in [0, 0.05) is 24.7 Å². The number of hydrogen-bond donors (Lipinski definition) is 2. The highest BCUT2D eigenvalue weighted by atomic mass is 32.2. The van der Waals surface area contributed by atoms with Crippen molar-refractivity contribution in [1.29, 1.82) is 0 Å². The molecule has 0 saturated carbocycles. The standard InChI is InChI=1S/C17H21N3O2S/c1-13(11-22-2)19-17(21)20-15-7-5-6-14(10-15)12-23-16-8-3-4-9-18-16/h3-10,13H,11-12H2,1-2H3,(H2,19,20,21)/t13-/m1/s1. The van der Waals surface area contributed by atoms with Crippen LogP contribution in [-0.2, 0) is 10.5 Å². The normalized spacial score (nSPS) is 11.7. The maximum Gasteiger partial charge on any atom is 0.319 e. The van der Waals surface area contributed by atoms with Crippen LogP contribution in [0.5, 0.6) is 0 Å². The molecule has 23 heavy (non-hydrogen) atoms. The summed E-state index contributed by atoms with van der Waals surface area (Å²) in [6.07, 6.45) is 1.78. The van der Waals surface area contributed by atoms with Crippen LogP contribution in [-0.4, -0.2) is 30.8 Å². The predicted molar refractivity (Wildman–Crippen MR) is 93.7 cm³/mol. The molecule has 2 N–H and O–H groups in total. The quantitative estimate of drug-likeness (QED) is 0.762. The number of hydrogen-bond acceptors (Lipinski definition) is 4. The lowest BCUT2D eigenvalue weighted by Crippen LogP contribution is -2.38. The Labute approximate surface area is 140 Å². The minimum atomic E-state index is -0.232. The van der Waals surface area contributed by atoms with E-state index in [1.807, 2.05) is 49.4 Å².